The maximum atomic E-state index is 13.4. The second-order valence-corrected chi connectivity index (χ2v) is 14.4. The molecule has 0 fully saturated rings. The molecule has 2 aliphatic heterocycles. The molecule has 1 amide bonds. The fourth-order valence-electron chi connectivity index (χ4n) is 7.33. The van der Waals surface area contributed by atoms with Gasteiger partial charge in [-0.2, -0.15) is 5.10 Å². The molecule has 0 N–H and O–H groups in total. The Morgan fingerprint density at radius 3 is 2.07 bits per heavy atom. The molecule has 0 saturated heterocycles. The van der Waals surface area contributed by atoms with Gasteiger partial charge in [0.05, 0.1) is 26.4 Å². The number of rotatable bonds is 6. The Morgan fingerprint density at radius 1 is 0.685 bits per heavy atom. The summed E-state index contributed by atoms with van der Waals surface area (Å²) >= 11 is 0. The Balaban J connectivity index is 1.06. The van der Waals surface area contributed by atoms with Crippen molar-refractivity contribution in [3.8, 4) is 11.5 Å². The number of ether oxygens (including phenoxy) is 4. The predicted molar refractivity (Wildman–Crippen MR) is 210 cm³/mol. The molecule has 5 aromatic rings. The molecule has 9 nitrogen and oxygen atoms in total. The van der Waals surface area contributed by atoms with E-state index < -0.39 is 0 Å². The van der Waals surface area contributed by atoms with Gasteiger partial charge in [-0.05, 0) is 70.5 Å². The van der Waals surface area contributed by atoms with Gasteiger partial charge in [-0.3, -0.25) is 14.4 Å². The van der Waals surface area contributed by atoms with E-state index in [1.165, 1.54) is 33.4 Å². The van der Waals surface area contributed by atoms with Crippen LogP contribution in [0.2, 0.25) is 0 Å². The number of nitrogens with zero attached hydrogens (tertiary/aromatic N) is 4. The summed E-state index contributed by atoms with van der Waals surface area (Å²) in [6, 6.07) is 32.4. The minimum atomic E-state index is 0.133. The van der Waals surface area contributed by atoms with Gasteiger partial charge in [0.15, 0.2) is 0 Å². The average molecular weight is 729 g/mol. The van der Waals surface area contributed by atoms with Gasteiger partial charge < -0.3 is 23.8 Å². The van der Waals surface area contributed by atoms with Crippen LogP contribution in [0.1, 0.15) is 57.3 Å². The minimum absolute atomic E-state index is 0.133. The fraction of sp³-hybridized carbons (Fsp3) is 0.378. The summed E-state index contributed by atoms with van der Waals surface area (Å²) in [7, 11) is 0. The molecule has 54 heavy (non-hydrogen) atoms. The van der Waals surface area contributed by atoms with Crippen molar-refractivity contribution in [2.24, 2.45) is 0 Å². The van der Waals surface area contributed by atoms with E-state index in [1.807, 2.05) is 21.8 Å². The van der Waals surface area contributed by atoms with Gasteiger partial charge in [-0.15, -0.1) is 0 Å². The molecule has 0 atom stereocenters. The predicted octanol–water partition coefficient (Wildman–Crippen LogP) is 7.00. The minimum Gasteiger partial charge on any atom is -0.491 e. The van der Waals surface area contributed by atoms with Crippen LogP contribution in [0.25, 0.3) is 0 Å². The van der Waals surface area contributed by atoms with Crippen LogP contribution in [-0.2, 0) is 53.3 Å². The summed E-state index contributed by atoms with van der Waals surface area (Å²) in [5.41, 5.74) is 9.66. The van der Waals surface area contributed by atoms with Crippen molar-refractivity contribution >= 4 is 5.91 Å². The van der Waals surface area contributed by atoms with Gasteiger partial charge in [-0.25, -0.2) is 0 Å². The van der Waals surface area contributed by atoms with Crippen LogP contribution in [0, 0.1) is 6.92 Å². The van der Waals surface area contributed by atoms with E-state index in [0.29, 0.717) is 59.2 Å². The van der Waals surface area contributed by atoms with Crippen LogP contribution in [0.15, 0.2) is 103 Å². The number of aromatic nitrogens is 2. The highest BCUT2D eigenvalue weighted by Crippen LogP contribution is 2.27. The average Bonchev–Trinajstić information content (AvgIpc) is 3.69. The highest BCUT2D eigenvalue weighted by Gasteiger charge is 2.17. The molecule has 4 bridgehead atoms. The van der Waals surface area contributed by atoms with Gasteiger partial charge in [0.25, 0.3) is 0 Å². The summed E-state index contributed by atoms with van der Waals surface area (Å²) in [6.07, 6.45) is 6.45. The molecule has 0 saturated carbocycles. The lowest BCUT2D eigenvalue weighted by Crippen LogP contribution is -2.34. The molecule has 2 aliphatic rings. The lowest BCUT2D eigenvalue weighted by Gasteiger charge is -2.25. The normalized spacial score (nSPS) is 16.1. The highest BCUT2D eigenvalue weighted by atomic mass is 16.5. The highest BCUT2D eigenvalue weighted by molar-refractivity contribution is 5.76. The Hall–Kier alpha value is -4.96. The number of amides is 1. The van der Waals surface area contributed by atoms with E-state index >= 15 is 0 Å². The number of hydrogen-bond donors (Lipinski definition) is 0. The zero-order chi connectivity index (χ0) is 37.0. The molecular formula is C45H52N4O5. The molecule has 0 radical (unpaired) electrons. The number of aryl methyl sites for hydroxylation is 2. The zero-order valence-electron chi connectivity index (χ0n) is 31.5. The Labute approximate surface area is 319 Å². The van der Waals surface area contributed by atoms with E-state index in [0.717, 1.165) is 68.1 Å². The first-order chi connectivity index (χ1) is 26.5. The van der Waals surface area contributed by atoms with Crippen molar-refractivity contribution < 1.29 is 23.7 Å². The molecule has 0 spiro atoms. The van der Waals surface area contributed by atoms with E-state index in [-0.39, 0.29) is 5.91 Å². The van der Waals surface area contributed by atoms with Gasteiger partial charge >= 0.3 is 0 Å². The van der Waals surface area contributed by atoms with Gasteiger partial charge in [0, 0.05) is 70.9 Å². The molecule has 7 rings (SSSR count). The quantitative estimate of drug-likeness (QED) is 0.186. The standard InChI is InChI=1S/C45H52N4O5/c1-35-11-13-43-41(26-35)29-36-6-2-8-38(27-36)32-47(18-20-51-22-24-53-43)33-40-12-14-44-42(31-40)30-37-7-3-9-39(28-37)34-48(19-21-52-23-25-54-44)45(50)10-4-16-49-17-5-15-46-49/h2-3,5-9,11-15,17,26-28,31H,4,10,16,18-25,29-30,32-34H2,1H3. The van der Waals surface area contributed by atoms with Crippen molar-refractivity contribution in [2.45, 2.75) is 58.8 Å². The maximum Gasteiger partial charge on any atom is 0.223 e. The Bertz CT molecular complexity index is 1960. The van der Waals surface area contributed by atoms with Gasteiger partial charge in [0.2, 0.25) is 5.91 Å². The van der Waals surface area contributed by atoms with Gasteiger partial charge in [-0.1, -0.05) is 78.4 Å². The molecule has 1 aromatic heterocycles. The third kappa shape index (κ3) is 10.8. The monoisotopic (exact) mass is 728 g/mol. The number of carbonyl (C=O) groups is 1. The van der Waals surface area contributed by atoms with E-state index in [4.69, 9.17) is 18.9 Å². The summed E-state index contributed by atoms with van der Waals surface area (Å²) in [5.74, 6) is 1.95. The van der Waals surface area contributed by atoms with Crippen LogP contribution in [0.5, 0.6) is 11.5 Å². The van der Waals surface area contributed by atoms with Crippen molar-refractivity contribution in [1.29, 1.82) is 0 Å². The lowest BCUT2D eigenvalue weighted by molar-refractivity contribution is -0.132. The van der Waals surface area contributed by atoms with Crippen molar-refractivity contribution in [3.63, 3.8) is 0 Å². The molecule has 0 aliphatic carbocycles. The van der Waals surface area contributed by atoms with Crippen molar-refractivity contribution in [2.75, 3.05) is 52.7 Å². The Morgan fingerprint density at radius 2 is 1.35 bits per heavy atom. The van der Waals surface area contributed by atoms with Crippen LogP contribution in [0.4, 0.5) is 0 Å². The molecular weight excluding hydrogens is 677 g/mol. The number of benzene rings is 4. The molecule has 9 heteroatoms. The third-order valence-electron chi connectivity index (χ3n) is 10.0. The Kier molecular flexibility index (Phi) is 13.1. The van der Waals surface area contributed by atoms with Crippen LogP contribution >= 0.6 is 0 Å². The van der Waals surface area contributed by atoms with E-state index in [2.05, 4.69) is 102 Å². The van der Waals surface area contributed by atoms with Crippen LogP contribution in [0.3, 0.4) is 0 Å². The fourth-order valence-corrected chi connectivity index (χ4v) is 7.33. The number of fused-ring (bicyclic) bond motifs is 6. The summed E-state index contributed by atoms with van der Waals surface area (Å²) in [5, 5.41) is 4.27. The van der Waals surface area contributed by atoms with Gasteiger partial charge in [0.1, 0.15) is 24.7 Å². The maximum absolute atomic E-state index is 13.4. The molecule has 282 valence electrons. The summed E-state index contributed by atoms with van der Waals surface area (Å²) < 4.78 is 26.4. The lowest BCUT2D eigenvalue weighted by atomic mass is 9.99. The summed E-state index contributed by atoms with van der Waals surface area (Å²) in [6.45, 7) is 9.38. The first kappa shape index (κ1) is 37.4. The van der Waals surface area contributed by atoms with Crippen molar-refractivity contribution in [3.05, 3.63) is 148 Å². The first-order valence-electron chi connectivity index (χ1n) is 19.3. The number of carbonyl (C=O) groups excluding carboxylic acids is 1. The second-order valence-electron chi connectivity index (χ2n) is 14.4. The van der Waals surface area contributed by atoms with Crippen LogP contribution in [-0.4, -0.2) is 78.2 Å². The smallest absolute Gasteiger partial charge is 0.223 e. The topological polar surface area (TPSA) is 78.3 Å². The molecule has 0 unspecified atom stereocenters. The second kappa shape index (κ2) is 18.9. The largest absolute Gasteiger partial charge is 0.491 e. The molecule has 4 aromatic carbocycles. The van der Waals surface area contributed by atoms with E-state index in [9.17, 15) is 4.79 Å². The van der Waals surface area contributed by atoms with E-state index in [1.54, 1.807) is 6.20 Å². The zero-order valence-corrected chi connectivity index (χ0v) is 31.5. The first-order valence-corrected chi connectivity index (χ1v) is 19.3. The van der Waals surface area contributed by atoms with Crippen molar-refractivity contribution in [1.82, 2.24) is 19.6 Å². The molecule has 3 heterocycles. The SMILES string of the molecule is Cc1ccc2c(c1)Cc1cccc(c1)CN(Cc1ccc3c(c1)Cc1cccc(c1)CN(C(=O)CCCn1cccn1)CCOCCO3)CCOCCO2. The third-order valence-corrected chi connectivity index (χ3v) is 10.0. The summed E-state index contributed by atoms with van der Waals surface area (Å²) in [4.78, 5) is 17.8. The number of hydrogen-bond acceptors (Lipinski definition) is 7. The van der Waals surface area contributed by atoms with Crippen LogP contribution < -0.4 is 9.47 Å².